The molecule has 1 saturated heterocycles. The molecule has 9 heteroatoms. The maximum atomic E-state index is 13.0. The molecule has 174 valence electrons. The zero-order chi connectivity index (χ0) is 23.9. The Morgan fingerprint density at radius 2 is 1.67 bits per heavy atom. The van der Waals surface area contributed by atoms with Gasteiger partial charge in [-0.1, -0.05) is 6.07 Å². The normalized spacial score (nSPS) is 19.5. The number of carbonyl (C=O) groups excluding carboxylic acids is 1. The molecule has 0 spiro atoms. The predicted octanol–water partition coefficient (Wildman–Crippen LogP) is 3.46. The Labute approximate surface area is 192 Å². The van der Waals surface area contributed by atoms with E-state index in [4.69, 9.17) is 9.15 Å². The van der Waals surface area contributed by atoms with E-state index >= 15 is 0 Å². The second kappa shape index (κ2) is 8.74. The Bertz CT molecular complexity index is 1370. The van der Waals surface area contributed by atoms with E-state index in [1.807, 2.05) is 33.8 Å². The van der Waals surface area contributed by atoms with Crippen molar-refractivity contribution in [1.29, 1.82) is 0 Å². The smallest absolute Gasteiger partial charge is 0.291 e. The third kappa shape index (κ3) is 4.57. The van der Waals surface area contributed by atoms with Crippen LogP contribution in [0.4, 0.5) is 5.69 Å². The summed E-state index contributed by atoms with van der Waals surface area (Å²) < 4.78 is 38.7. The van der Waals surface area contributed by atoms with Gasteiger partial charge in [-0.15, -0.1) is 0 Å². The largest absolute Gasteiger partial charge is 0.450 e. The van der Waals surface area contributed by atoms with Crippen molar-refractivity contribution in [2.75, 3.05) is 18.4 Å². The fourth-order valence-corrected chi connectivity index (χ4v) is 5.53. The first-order chi connectivity index (χ1) is 15.6. The van der Waals surface area contributed by atoms with Gasteiger partial charge in [-0.3, -0.25) is 9.59 Å². The number of amides is 1. The number of ether oxygens (including phenoxy) is 1. The van der Waals surface area contributed by atoms with Crippen LogP contribution in [0.5, 0.6) is 0 Å². The van der Waals surface area contributed by atoms with Crippen molar-refractivity contribution in [3.8, 4) is 0 Å². The number of fused-ring (bicyclic) bond motifs is 1. The second-order valence-corrected chi connectivity index (χ2v) is 10.4. The quantitative estimate of drug-likeness (QED) is 0.626. The lowest BCUT2D eigenvalue weighted by molar-refractivity contribution is -0.0440. The number of carbonyl (C=O) groups is 1. The van der Waals surface area contributed by atoms with E-state index in [-0.39, 0.29) is 41.4 Å². The summed E-state index contributed by atoms with van der Waals surface area (Å²) in [5.74, 6) is -0.712. The van der Waals surface area contributed by atoms with Gasteiger partial charge in [-0.2, -0.15) is 4.31 Å². The summed E-state index contributed by atoms with van der Waals surface area (Å²) in [7, 11) is -3.68. The van der Waals surface area contributed by atoms with Crippen LogP contribution >= 0.6 is 0 Å². The standard InChI is InChI=1S/C24H26N2O6S/c1-14-5-10-20-21(27)11-22(32-23(20)17(14)4)24(28)25-18-6-8-19(9-7-18)33(29,30)26-12-15(2)31-16(3)13-26/h5-11,15-16H,12-13H2,1-4H3,(H,25,28)/t15-,16-/m1/s1. The van der Waals surface area contributed by atoms with Gasteiger partial charge in [-0.05, 0) is 69.2 Å². The highest BCUT2D eigenvalue weighted by atomic mass is 32.2. The van der Waals surface area contributed by atoms with E-state index in [1.165, 1.54) is 28.6 Å². The molecule has 2 atom stereocenters. The van der Waals surface area contributed by atoms with Crippen molar-refractivity contribution in [1.82, 2.24) is 4.31 Å². The Balaban J connectivity index is 1.55. The minimum atomic E-state index is -3.68. The van der Waals surface area contributed by atoms with Crippen molar-refractivity contribution in [2.24, 2.45) is 0 Å². The van der Waals surface area contributed by atoms with Crippen LogP contribution < -0.4 is 10.7 Å². The number of anilines is 1. The molecule has 2 aromatic carbocycles. The Morgan fingerprint density at radius 3 is 2.30 bits per heavy atom. The summed E-state index contributed by atoms with van der Waals surface area (Å²) >= 11 is 0. The fraction of sp³-hybridized carbons (Fsp3) is 0.333. The average molecular weight is 471 g/mol. The topological polar surface area (TPSA) is 106 Å². The molecule has 0 saturated carbocycles. The van der Waals surface area contributed by atoms with E-state index in [0.717, 1.165) is 17.2 Å². The van der Waals surface area contributed by atoms with Gasteiger partial charge in [0.2, 0.25) is 10.0 Å². The summed E-state index contributed by atoms with van der Waals surface area (Å²) in [5, 5.41) is 3.07. The van der Waals surface area contributed by atoms with Crippen LogP contribution in [0, 0.1) is 13.8 Å². The molecular formula is C24H26N2O6S. The molecule has 0 radical (unpaired) electrons. The van der Waals surface area contributed by atoms with Gasteiger partial charge in [0.05, 0.1) is 22.5 Å². The van der Waals surface area contributed by atoms with Crippen molar-refractivity contribution in [2.45, 2.75) is 44.8 Å². The first kappa shape index (κ1) is 23.2. The van der Waals surface area contributed by atoms with Crippen LogP contribution in [0.3, 0.4) is 0 Å². The summed E-state index contributed by atoms with van der Waals surface area (Å²) in [4.78, 5) is 25.3. The van der Waals surface area contributed by atoms with Gasteiger partial charge in [0.25, 0.3) is 5.91 Å². The fourth-order valence-electron chi connectivity index (χ4n) is 3.94. The van der Waals surface area contributed by atoms with Gasteiger partial charge >= 0.3 is 0 Å². The summed E-state index contributed by atoms with van der Waals surface area (Å²) in [6.07, 6.45) is -0.378. The summed E-state index contributed by atoms with van der Waals surface area (Å²) in [6.45, 7) is 7.97. The number of nitrogens with zero attached hydrogens (tertiary/aromatic N) is 1. The van der Waals surface area contributed by atoms with E-state index in [1.54, 1.807) is 6.07 Å². The van der Waals surface area contributed by atoms with Gasteiger partial charge in [0.15, 0.2) is 11.2 Å². The first-order valence-corrected chi connectivity index (χ1v) is 12.1. The zero-order valence-electron chi connectivity index (χ0n) is 18.9. The van der Waals surface area contributed by atoms with Crippen LogP contribution in [-0.2, 0) is 14.8 Å². The number of rotatable bonds is 4. The van der Waals surface area contributed by atoms with E-state index in [9.17, 15) is 18.0 Å². The highest BCUT2D eigenvalue weighted by Crippen LogP contribution is 2.24. The SMILES string of the molecule is Cc1ccc2c(=O)cc(C(=O)Nc3ccc(S(=O)(=O)N4C[C@@H](C)O[C@H](C)C4)cc3)oc2c1C. The number of hydrogen-bond donors (Lipinski definition) is 1. The van der Waals surface area contributed by atoms with Crippen LogP contribution in [0.2, 0.25) is 0 Å². The Kier molecular flexibility index (Phi) is 6.13. The molecular weight excluding hydrogens is 444 g/mol. The van der Waals surface area contributed by atoms with Crippen molar-refractivity contribution in [3.63, 3.8) is 0 Å². The molecule has 0 bridgehead atoms. The van der Waals surface area contributed by atoms with Crippen LogP contribution in [0.1, 0.15) is 35.5 Å². The van der Waals surface area contributed by atoms with Gasteiger partial charge in [0.1, 0.15) is 5.58 Å². The molecule has 1 aliphatic heterocycles. The lowest BCUT2D eigenvalue weighted by Gasteiger charge is -2.34. The maximum Gasteiger partial charge on any atom is 0.291 e. The van der Waals surface area contributed by atoms with Crippen LogP contribution in [0.15, 0.2) is 56.6 Å². The summed E-state index contributed by atoms with van der Waals surface area (Å²) in [5.41, 5.74) is 2.19. The number of morpholine rings is 1. The molecule has 33 heavy (non-hydrogen) atoms. The van der Waals surface area contributed by atoms with Gasteiger partial charge in [-0.25, -0.2) is 8.42 Å². The molecule has 1 N–H and O–H groups in total. The molecule has 2 heterocycles. The second-order valence-electron chi connectivity index (χ2n) is 8.42. The molecule has 1 amide bonds. The monoisotopic (exact) mass is 470 g/mol. The van der Waals surface area contributed by atoms with Crippen LogP contribution in [-0.4, -0.2) is 43.9 Å². The van der Waals surface area contributed by atoms with Crippen molar-refractivity contribution >= 4 is 32.6 Å². The third-order valence-electron chi connectivity index (χ3n) is 5.78. The number of benzene rings is 2. The molecule has 4 rings (SSSR count). The van der Waals surface area contributed by atoms with Crippen molar-refractivity contribution in [3.05, 3.63) is 69.6 Å². The van der Waals surface area contributed by atoms with Gasteiger partial charge < -0.3 is 14.5 Å². The molecule has 1 aromatic heterocycles. The van der Waals surface area contributed by atoms with E-state index in [2.05, 4.69) is 5.32 Å². The number of aryl methyl sites for hydroxylation is 2. The predicted molar refractivity (Wildman–Crippen MR) is 125 cm³/mol. The maximum absolute atomic E-state index is 13.0. The van der Waals surface area contributed by atoms with Crippen molar-refractivity contribution < 1.29 is 22.4 Å². The minimum Gasteiger partial charge on any atom is -0.450 e. The highest BCUT2D eigenvalue weighted by Gasteiger charge is 2.32. The molecule has 3 aromatic rings. The van der Waals surface area contributed by atoms with E-state index < -0.39 is 15.9 Å². The molecule has 0 unspecified atom stereocenters. The molecule has 0 aliphatic carbocycles. The van der Waals surface area contributed by atoms with Crippen LogP contribution in [0.25, 0.3) is 11.0 Å². The average Bonchev–Trinajstić information content (AvgIpc) is 2.76. The first-order valence-electron chi connectivity index (χ1n) is 10.7. The Hall–Kier alpha value is -3.01. The molecule has 1 fully saturated rings. The minimum absolute atomic E-state index is 0.116. The third-order valence-corrected chi connectivity index (χ3v) is 7.62. The van der Waals surface area contributed by atoms with Gasteiger partial charge in [0, 0.05) is 24.8 Å². The summed E-state index contributed by atoms with van der Waals surface area (Å²) in [6, 6.07) is 10.6. The number of hydrogen-bond acceptors (Lipinski definition) is 6. The van der Waals surface area contributed by atoms with E-state index in [0.29, 0.717) is 16.7 Å². The Morgan fingerprint density at radius 1 is 1.03 bits per heavy atom. The number of sulfonamides is 1. The number of nitrogens with one attached hydrogen (secondary N) is 1. The zero-order valence-corrected chi connectivity index (χ0v) is 19.7. The molecule has 1 aliphatic rings. The lowest BCUT2D eigenvalue weighted by Crippen LogP contribution is -2.48. The highest BCUT2D eigenvalue weighted by molar-refractivity contribution is 7.89. The molecule has 8 nitrogen and oxygen atoms in total. The lowest BCUT2D eigenvalue weighted by atomic mass is 10.1.